The summed E-state index contributed by atoms with van der Waals surface area (Å²) in [5.74, 6) is 0. The molecule has 0 amide bonds. The molecular formula is C18H21N5. The van der Waals surface area contributed by atoms with E-state index in [0.29, 0.717) is 0 Å². The minimum atomic E-state index is 0.915. The van der Waals surface area contributed by atoms with Crippen LogP contribution in [0, 0.1) is 6.92 Å². The van der Waals surface area contributed by atoms with Gasteiger partial charge in [0.05, 0.1) is 11.4 Å². The first-order valence-electron chi connectivity index (χ1n) is 8.13. The van der Waals surface area contributed by atoms with Crippen molar-refractivity contribution in [3.8, 4) is 11.3 Å². The SMILES string of the molecule is Cc1cccc2nc(-c3cccnc3)c(CN3CCNCC3)n12. The fraction of sp³-hybridized carbons (Fsp3) is 0.333. The number of hydrogen-bond donors (Lipinski definition) is 1. The van der Waals surface area contributed by atoms with Crippen molar-refractivity contribution in [1.29, 1.82) is 0 Å². The summed E-state index contributed by atoms with van der Waals surface area (Å²) in [5, 5.41) is 3.42. The Morgan fingerprint density at radius 1 is 1.13 bits per heavy atom. The van der Waals surface area contributed by atoms with Crippen LogP contribution in [0.15, 0.2) is 42.7 Å². The maximum Gasteiger partial charge on any atom is 0.137 e. The van der Waals surface area contributed by atoms with Gasteiger partial charge in [-0.15, -0.1) is 0 Å². The molecule has 0 aliphatic carbocycles. The van der Waals surface area contributed by atoms with E-state index in [4.69, 9.17) is 4.98 Å². The Labute approximate surface area is 136 Å². The van der Waals surface area contributed by atoms with E-state index in [9.17, 15) is 0 Å². The lowest BCUT2D eigenvalue weighted by Crippen LogP contribution is -2.43. The van der Waals surface area contributed by atoms with Gasteiger partial charge in [0.2, 0.25) is 0 Å². The van der Waals surface area contributed by atoms with E-state index >= 15 is 0 Å². The molecule has 3 aromatic heterocycles. The number of hydrogen-bond acceptors (Lipinski definition) is 4. The molecule has 1 N–H and O–H groups in total. The van der Waals surface area contributed by atoms with E-state index in [1.807, 2.05) is 12.3 Å². The van der Waals surface area contributed by atoms with Crippen LogP contribution in [-0.2, 0) is 6.54 Å². The summed E-state index contributed by atoms with van der Waals surface area (Å²) in [7, 11) is 0. The second-order valence-corrected chi connectivity index (χ2v) is 6.04. The number of nitrogens with zero attached hydrogens (tertiary/aromatic N) is 4. The second kappa shape index (κ2) is 6.10. The molecule has 23 heavy (non-hydrogen) atoms. The van der Waals surface area contributed by atoms with Crippen LogP contribution in [0.5, 0.6) is 0 Å². The Morgan fingerprint density at radius 2 is 2.00 bits per heavy atom. The molecule has 3 aromatic rings. The summed E-state index contributed by atoms with van der Waals surface area (Å²) in [5.41, 5.74) is 5.61. The number of rotatable bonds is 3. The van der Waals surface area contributed by atoms with Crippen molar-refractivity contribution in [1.82, 2.24) is 24.6 Å². The van der Waals surface area contributed by atoms with Gasteiger partial charge >= 0.3 is 0 Å². The van der Waals surface area contributed by atoms with E-state index < -0.39 is 0 Å². The van der Waals surface area contributed by atoms with Crippen LogP contribution in [0.4, 0.5) is 0 Å². The molecular weight excluding hydrogens is 286 g/mol. The molecule has 0 spiro atoms. The van der Waals surface area contributed by atoms with Crippen LogP contribution in [0.25, 0.3) is 16.9 Å². The summed E-state index contributed by atoms with van der Waals surface area (Å²) in [6.45, 7) is 7.31. The van der Waals surface area contributed by atoms with Gasteiger partial charge in [0.25, 0.3) is 0 Å². The Balaban J connectivity index is 1.84. The van der Waals surface area contributed by atoms with Crippen molar-refractivity contribution in [2.24, 2.45) is 0 Å². The van der Waals surface area contributed by atoms with Crippen molar-refractivity contribution in [3.05, 3.63) is 54.1 Å². The molecule has 0 unspecified atom stereocenters. The van der Waals surface area contributed by atoms with Gasteiger partial charge in [-0.1, -0.05) is 6.07 Å². The highest BCUT2D eigenvalue weighted by Gasteiger charge is 2.19. The number of fused-ring (bicyclic) bond motifs is 1. The lowest BCUT2D eigenvalue weighted by molar-refractivity contribution is 0.230. The molecule has 0 saturated carbocycles. The molecule has 1 fully saturated rings. The van der Waals surface area contributed by atoms with E-state index in [2.05, 4.69) is 50.8 Å². The molecule has 1 saturated heterocycles. The molecule has 0 bridgehead atoms. The average molecular weight is 307 g/mol. The predicted molar refractivity (Wildman–Crippen MR) is 91.3 cm³/mol. The van der Waals surface area contributed by atoms with Crippen LogP contribution in [0.1, 0.15) is 11.4 Å². The maximum absolute atomic E-state index is 4.89. The lowest BCUT2D eigenvalue weighted by atomic mass is 10.1. The molecule has 5 nitrogen and oxygen atoms in total. The molecule has 4 heterocycles. The highest BCUT2D eigenvalue weighted by atomic mass is 15.2. The number of imidazole rings is 1. The highest BCUT2D eigenvalue weighted by Crippen LogP contribution is 2.26. The Hall–Kier alpha value is -2.24. The normalized spacial score (nSPS) is 16.0. The monoisotopic (exact) mass is 307 g/mol. The number of aromatic nitrogens is 3. The fourth-order valence-electron chi connectivity index (χ4n) is 3.29. The largest absolute Gasteiger partial charge is 0.314 e. The minimum Gasteiger partial charge on any atom is -0.314 e. The fourth-order valence-corrected chi connectivity index (χ4v) is 3.29. The maximum atomic E-state index is 4.89. The van der Waals surface area contributed by atoms with Crippen LogP contribution < -0.4 is 5.32 Å². The van der Waals surface area contributed by atoms with Gasteiger partial charge in [-0.2, -0.15) is 0 Å². The molecule has 0 radical (unpaired) electrons. The van der Waals surface area contributed by atoms with Gasteiger partial charge < -0.3 is 5.32 Å². The van der Waals surface area contributed by atoms with Crippen molar-refractivity contribution in [2.75, 3.05) is 26.2 Å². The zero-order chi connectivity index (χ0) is 15.6. The number of pyridine rings is 2. The molecule has 118 valence electrons. The molecule has 4 rings (SSSR count). The third-order valence-electron chi connectivity index (χ3n) is 4.45. The Morgan fingerprint density at radius 3 is 2.78 bits per heavy atom. The quantitative estimate of drug-likeness (QED) is 0.805. The van der Waals surface area contributed by atoms with E-state index in [0.717, 1.165) is 49.6 Å². The van der Waals surface area contributed by atoms with Gasteiger partial charge in [-0.3, -0.25) is 14.3 Å². The lowest BCUT2D eigenvalue weighted by Gasteiger charge is -2.27. The van der Waals surface area contributed by atoms with E-state index in [1.165, 1.54) is 11.4 Å². The van der Waals surface area contributed by atoms with Crippen molar-refractivity contribution in [3.63, 3.8) is 0 Å². The topological polar surface area (TPSA) is 45.5 Å². The van der Waals surface area contributed by atoms with Crippen molar-refractivity contribution < 1.29 is 0 Å². The van der Waals surface area contributed by atoms with Crippen LogP contribution in [-0.4, -0.2) is 45.4 Å². The van der Waals surface area contributed by atoms with Gasteiger partial charge in [0.15, 0.2) is 0 Å². The summed E-state index contributed by atoms with van der Waals surface area (Å²) in [6, 6.07) is 10.3. The standard InChI is InChI=1S/C18H21N5/c1-14-4-2-6-17-21-18(15-5-3-7-20-12-15)16(23(14)17)13-22-10-8-19-9-11-22/h2-7,12,19H,8-11,13H2,1H3. The zero-order valence-electron chi connectivity index (χ0n) is 13.4. The van der Waals surface area contributed by atoms with E-state index in [-0.39, 0.29) is 0 Å². The third kappa shape index (κ3) is 2.73. The predicted octanol–water partition coefficient (Wildman–Crippen LogP) is 2.11. The first-order chi connectivity index (χ1) is 11.3. The smallest absolute Gasteiger partial charge is 0.137 e. The molecule has 1 aliphatic rings. The Bertz CT molecular complexity index is 803. The highest BCUT2D eigenvalue weighted by molar-refractivity contribution is 5.66. The number of aryl methyl sites for hydroxylation is 1. The molecule has 0 atom stereocenters. The van der Waals surface area contributed by atoms with E-state index in [1.54, 1.807) is 6.20 Å². The summed E-state index contributed by atoms with van der Waals surface area (Å²) in [6.07, 6.45) is 3.71. The first-order valence-corrected chi connectivity index (χ1v) is 8.13. The Kier molecular flexibility index (Phi) is 3.81. The zero-order valence-corrected chi connectivity index (χ0v) is 13.4. The number of piperazine rings is 1. The first kappa shape index (κ1) is 14.4. The summed E-state index contributed by atoms with van der Waals surface area (Å²) >= 11 is 0. The molecule has 1 aliphatic heterocycles. The van der Waals surface area contributed by atoms with Gasteiger partial charge in [0.1, 0.15) is 5.65 Å². The van der Waals surface area contributed by atoms with Crippen LogP contribution in [0.3, 0.4) is 0 Å². The average Bonchev–Trinajstić information content (AvgIpc) is 2.96. The van der Waals surface area contributed by atoms with Crippen LogP contribution in [0.2, 0.25) is 0 Å². The van der Waals surface area contributed by atoms with Gasteiger partial charge in [-0.25, -0.2) is 4.98 Å². The van der Waals surface area contributed by atoms with Crippen molar-refractivity contribution in [2.45, 2.75) is 13.5 Å². The van der Waals surface area contributed by atoms with Gasteiger partial charge in [0, 0.05) is 56.4 Å². The minimum absolute atomic E-state index is 0.915. The summed E-state index contributed by atoms with van der Waals surface area (Å²) < 4.78 is 2.28. The van der Waals surface area contributed by atoms with Crippen molar-refractivity contribution >= 4 is 5.65 Å². The van der Waals surface area contributed by atoms with Crippen LogP contribution >= 0.6 is 0 Å². The number of nitrogens with one attached hydrogen (secondary N) is 1. The molecule has 0 aromatic carbocycles. The summed E-state index contributed by atoms with van der Waals surface area (Å²) in [4.78, 5) is 11.7. The van der Waals surface area contributed by atoms with Gasteiger partial charge in [-0.05, 0) is 31.2 Å². The third-order valence-corrected chi connectivity index (χ3v) is 4.45. The molecule has 5 heteroatoms. The second-order valence-electron chi connectivity index (χ2n) is 6.04.